The second kappa shape index (κ2) is 11.5. The summed E-state index contributed by atoms with van der Waals surface area (Å²) in [5.74, 6) is 0.678. The molecule has 3 aromatic carbocycles. The summed E-state index contributed by atoms with van der Waals surface area (Å²) in [5, 5.41) is 14.7. The first-order valence-corrected chi connectivity index (χ1v) is 11.3. The number of para-hydroxylation sites is 1. The number of amides is 1. The first kappa shape index (κ1) is 25.0. The summed E-state index contributed by atoms with van der Waals surface area (Å²) in [6, 6.07) is 18.1. The fourth-order valence-corrected chi connectivity index (χ4v) is 3.33. The molecule has 34 heavy (non-hydrogen) atoms. The number of carbonyl (C=O) groups excluding carboxylic acids is 1. The molecule has 0 aliphatic rings. The predicted octanol–water partition coefficient (Wildman–Crippen LogP) is 6.15. The molecule has 0 bridgehead atoms. The van der Waals surface area contributed by atoms with E-state index in [9.17, 15) is 9.90 Å². The number of benzene rings is 3. The van der Waals surface area contributed by atoms with Crippen molar-refractivity contribution in [3.8, 4) is 11.5 Å². The van der Waals surface area contributed by atoms with Crippen molar-refractivity contribution >= 4 is 35.1 Å². The first-order valence-electron chi connectivity index (χ1n) is 10.9. The lowest BCUT2D eigenvalue weighted by atomic mass is 10.0. The van der Waals surface area contributed by atoms with Gasteiger partial charge in [-0.1, -0.05) is 49.7 Å². The van der Waals surface area contributed by atoms with E-state index in [1.54, 1.807) is 31.3 Å². The Morgan fingerprint density at radius 1 is 1.15 bits per heavy atom. The van der Waals surface area contributed by atoms with Crippen molar-refractivity contribution in [3.63, 3.8) is 0 Å². The second-order valence-corrected chi connectivity index (χ2v) is 8.59. The third-order valence-electron chi connectivity index (χ3n) is 5.19. The van der Waals surface area contributed by atoms with Crippen molar-refractivity contribution in [1.29, 1.82) is 0 Å². The Hall–Kier alpha value is -3.64. The molecular weight excluding hydrogens is 450 g/mol. The highest BCUT2D eigenvalue weighted by Crippen LogP contribution is 2.32. The van der Waals surface area contributed by atoms with Crippen LogP contribution in [0.1, 0.15) is 48.9 Å². The lowest BCUT2D eigenvalue weighted by Gasteiger charge is -2.15. The molecule has 0 heterocycles. The highest BCUT2D eigenvalue weighted by Gasteiger charge is 2.12. The minimum absolute atomic E-state index is 0.155. The molecule has 0 aliphatic carbocycles. The Labute approximate surface area is 205 Å². The molecule has 0 aromatic heterocycles. The molecule has 0 radical (unpaired) electrons. The number of aliphatic imine (C=N–C) groups is 1. The van der Waals surface area contributed by atoms with E-state index in [4.69, 9.17) is 16.3 Å². The van der Waals surface area contributed by atoms with Gasteiger partial charge in [-0.25, -0.2) is 5.43 Å². The average molecular weight is 478 g/mol. The molecule has 0 saturated heterocycles. The number of ether oxygens (including phenoxy) is 1. The maximum absolute atomic E-state index is 12.3. The van der Waals surface area contributed by atoms with Crippen LogP contribution < -0.4 is 10.2 Å². The number of hydrogen-bond donors (Lipinski definition) is 2. The fraction of sp³-hybridized carbons (Fsp3) is 0.222. The zero-order valence-corrected chi connectivity index (χ0v) is 20.4. The van der Waals surface area contributed by atoms with Crippen molar-refractivity contribution in [2.45, 2.75) is 33.6 Å². The van der Waals surface area contributed by atoms with Gasteiger partial charge in [-0.2, -0.15) is 5.10 Å². The van der Waals surface area contributed by atoms with Crippen molar-refractivity contribution in [1.82, 2.24) is 5.43 Å². The summed E-state index contributed by atoms with van der Waals surface area (Å²) in [7, 11) is 0. The molecule has 0 saturated carbocycles. The Balaban J connectivity index is 1.58. The maximum Gasteiger partial charge on any atom is 0.277 e. The van der Waals surface area contributed by atoms with Crippen molar-refractivity contribution in [2.75, 3.05) is 6.61 Å². The average Bonchev–Trinajstić information content (AvgIpc) is 2.82. The van der Waals surface area contributed by atoms with Gasteiger partial charge in [0.05, 0.1) is 11.4 Å². The van der Waals surface area contributed by atoms with Gasteiger partial charge in [0.25, 0.3) is 5.91 Å². The molecule has 0 unspecified atom stereocenters. The largest absolute Gasteiger partial charge is 0.507 e. The highest BCUT2D eigenvalue weighted by molar-refractivity contribution is 6.31. The van der Waals surface area contributed by atoms with E-state index in [0.29, 0.717) is 22.0 Å². The number of hydrazone groups is 1. The molecule has 0 fully saturated rings. The number of nitrogens with zero attached hydrogens (tertiary/aromatic N) is 2. The fourth-order valence-electron chi connectivity index (χ4n) is 3.16. The summed E-state index contributed by atoms with van der Waals surface area (Å²) < 4.78 is 5.75. The van der Waals surface area contributed by atoms with Gasteiger partial charge in [0.1, 0.15) is 11.5 Å². The Kier molecular flexibility index (Phi) is 8.44. The molecule has 3 rings (SSSR count). The van der Waals surface area contributed by atoms with Crippen molar-refractivity contribution in [2.24, 2.45) is 10.1 Å². The minimum Gasteiger partial charge on any atom is -0.507 e. The van der Waals surface area contributed by atoms with Crippen LogP contribution in [-0.4, -0.2) is 29.5 Å². The van der Waals surface area contributed by atoms with Crippen LogP contribution in [-0.2, 0) is 4.79 Å². The van der Waals surface area contributed by atoms with Gasteiger partial charge in [0.2, 0.25) is 0 Å². The maximum atomic E-state index is 12.3. The Bertz CT molecular complexity index is 1220. The zero-order valence-electron chi connectivity index (χ0n) is 19.7. The summed E-state index contributed by atoms with van der Waals surface area (Å²) >= 11 is 6.23. The smallest absolute Gasteiger partial charge is 0.277 e. The lowest BCUT2D eigenvalue weighted by Crippen LogP contribution is -2.26. The topological polar surface area (TPSA) is 83.3 Å². The normalized spacial score (nSPS) is 11.8. The van der Waals surface area contributed by atoms with E-state index >= 15 is 0 Å². The SMILES string of the molecule is CC(=NNC(=O)COc1cc(C)c(Cl)cc1C(C)C)c1ccc(N=Cc2ccccc2O)cc1. The van der Waals surface area contributed by atoms with E-state index in [0.717, 1.165) is 22.4 Å². The van der Waals surface area contributed by atoms with Crippen LogP contribution in [0.4, 0.5) is 5.69 Å². The lowest BCUT2D eigenvalue weighted by molar-refractivity contribution is -0.123. The summed E-state index contributed by atoms with van der Waals surface area (Å²) in [6.45, 7) is 7.64. The third kappa shape index (κ3) is 6.68. The number of rotatable bonds is 8. The number of hydrogen-bond acceptors (Lipinski definition) is 5. The molecule has 0 aliphatic heterocycles. The molecular formula is C27H28ClN3O3. The van der Waals surface area contributed by atoms with Gasteiger partial charge in [-0.3, -0.25) is 9.79 Å². The van der Waals surface area contributed by atoms with Gasteiger partial charge in [-0.15, -0.1) is 0 Å². The van der Waals surface area contributed by atoms with Crippen LogP contribution in [0.25, 0.3) is 0 Å². The molecule has 0 atom stereocenters. The number of aromatic hydroxyl groups is 1. The van der Waals surface area contributed by atoms with Crippen molar-refractivity contribution in [3.05, 3.63) is 87.9 Å². The van der Waals surface area contributed by atoms with Gasteiger partial charge < -0.3 is 9.84 Å². The minimum atomic E-state index is -0.356. The monoisotopic (exact) mass is 477 g/mol. The quantitative estimate of drug-likeness (QED) is 0.301. The van der Waals surface area contributed by atoms with Gasteiger partial charge >= 0.3 is 0 Å². The Morgan fingerprint density at radius 3 is 2.53 bits per heavy atom. The third-order valence-corrected chi connectivity index (χ3v) is 5.60. The van der Waals surface area contributed by atoms with E-state index in [-0.39, 0.29) is 24.2 Å². The van der Waals surface area contributed by atoms with Crippen LogP contribution in [0.5, 0.6) is 11.5 Å². The molecule has 0 spiro atoms. The predicted molar refractivity (Wildman–Crippen MR) is 138 cm³/mol. The number of phenolic OH excluding ortho intramolecular Hbond substituents is 1. The number of halogens is 1. The van der Waals surface area contributed by atoms with Crippen LogP contribution in [0.3, 0.4) is 0 Å². The summed E-state index contributed by atoms with van der Waals surface area (Å²) in [5.41, 5.74) is 7.25. The van der Waals surface area contributed by atoms with Crippen molar-refractivity contribution < 1.29 is 14.6 Å². The summed E-state index contributed by atoms with van der Waals surface area (Å²) in [4.78, 5) is 16.7. The first-order chi connectivity index (χ1) is 16.2. The number of carbonyl (C=O) groups is 1. The van der Waals surface area contributed by atoms with Crippen LogP contribution in [0.2, 0.25) is 5.02 Å². The summed E-state index contributed by atoms with van der Waals surface area (Å²) in [6.07, 6.45) is 1.61. The number of phenols is 1. The number of nitrogens with one attached hydrogen (secondary N) is 1. The zero-order chi connectivity index (χ0) is 24.7. The molecule has 7 heteroatoms. The van der Waals surface area contributed by atoms with Crippen LogP contribution in [0.15, 0.2) is 70.8 Å². The highest BCUT2D eigenvalue weighted by atomic mass is 35.5. The molecule has 2 N–H and O–H groups in total. The van der Waals surface area contributed by atoms with E-state index in [1.807, 2.05) is 63.2 Å². The van der Waals surface area contributed by atoms with E-state index in [2.05, 4.69) is 15.5 Å². The molecule has 176 valence electrons. The standard InChI is InChI=1S/C27H28ClN3O3/c1-17(2)23-14-24(28)18(3)13-26(23)34-16-27(33)31-30-19(4)20-9-11-22(12-10-20)29-15-21-7-5-6-8-25(21)32/h5-15,17,32H,16H2,1-4H3,(H,31,33). The van der Waals surface area contributed by atoms with Gasteiger partial charge in [-0.05, 0) is 72.9 Å². The molecule has 1 amide bonds. The van der Waals surface area contributed by atoms with E-state index < -0.39 is 0 Å². The van der Waals surface area contributed by atoms with Crippen LogP contribution in [0, 0.1) is 6.92 Å². The molecule has 6 nitrogen and oxygen atoms in total. The van der Waals surface area contributed by atoms with E-state index in [1.165, 1.54) is 0 Å². The van der Waals surface area contributed by atoms with Crippen LogP contribution >= 0.6 is 11.6 Å². The molecule has 3 aromatic rings. The Morgan fingerprint density at radius 2 is 1.85 bits per heavy atom. The number of aryl methyl sites for hydroxylation is 1. The second-order valence-electron chi connectivity index (χ2n) is 8.18. The van der Waals surface area contributed by atoms with Gasteiger partial charge in [0.15, 0.2) is 6.61 Å². The van der Waals surface area contributed by atoms with Gasteiger partial charge in [0, 0.05) is 16.8 Å².